The highest BCUT2D eigenvalue weighted by Crippen LogP contribution is 2.17. The molecule has 2 aromatic carbocycles. The zero-order chi connectivity index (χ0) is 14.7. The summed E-state index contributed by atoms with van der Waals surface area (Å²) in [5.74, 6) is -2.22. The van der Waals surface area contributed by atoms with E-state index < -0.39 is 17.7 Å². The highest BCUT2D eigenvalue weighted by molar-refractivity contribution is 6.05. The molecule has 20 heavy (non-hydrogen) atoms. The Bertz CT molecular complexity index is 683. The lowest BCUT2D eigenvalue weighted by Gasteiger charge is -2.07. The molecule has 0 aliphatic rings. The van der Waals surface area contributed by atoms with Gasteiger partial charge in [-0.1, -0.05) is 12.1 Å². The van der Waals surface area contributed by atoms with Crippen molar-refractivity contribution in [3.05, 3.63) is 65.0 Å². The summed E-state index contributed by atoms with van der Waals surface area (Å²) in [5.41, 5.74) is 1.03. The van der Waals surface area contributed by atoms with Gasteiger partial charge in [0.25, 0.3) is 5.91 Å². The number of carboxylic acid groups (broad SMARTS) is 1. The second-order valence-electron chi connectivity index (χ2n) is 4.32. The lowest BCUT2D eigenvalue weighted by Crippen LogP contribution is -2.14. The maximum Gasteiger partial charge on any atom is 0.335 e. The van der Waals surface area contributed by atoms with Crippen LogP contribution in [0, 0.1) is 12.7 Å². The summed E-state index contributed by atoms with van der Waals surface area (Å²) >= 11 is 0. The molecule has 2 N–H and O–H groups in total. The number of carboxylic acids is 1. The number of hydrogen-bond acceptors (Lipinski definition) is 2. The molecule has 0 unspecified atom stereocenters. The Morgan fingerprint density at radius 2 is 1.80 bits per heavy atom. The Morgan fingerprint density at radius 1 is 1.10 bits per heavy atom. The maximum atomic E-state index is 13.5. The molecule has 2 rings (SSSR count). The van der Waals surface area contributed by atoms with Gasteiger partial charge in [0.2, 0.25) is 0 Å². The molecule has 1 amide bonds. The Labute approximate surface area is 114 Å². The molecule has 0 spiro atoms. The van der Waals surface area contributed by atoms with Gasteiger partial charge in [0.05, 0.1) is 11.3 Å². The number of carbonyl (C=O) groups is 2. The third kappa shape index (κ3) is 3.00. The molecule has 5 heteroatoms. The molecule has 2 aromatic rings. The molecular formula is C15H12FNO3. The fraction of sp³-hybridized carbons (Fsp3) is 0.0667. The molecule has 0 saturated carbocycles. The Morgan fingerprint density at radius 3 is 2.50 bits per heavy atom. The van der Waals surface area contributed by atoms with Crippen LogP contribution in [0.5, 0.6) is 0 Å². The van der Waals surface area contributed by atoms with Crippen molar-refractivity contribution in [2.75, 3.05) is 5.32 Å². The average Bonchev–Trinajstić information content (AvgIpc) is 2.43. The molecule has 0 heterocycles. The van der Waals surface area contributed by atoms with Crippen molar-refractivity contribution in [2.45, 2.75) is 6.92 Å². The van der Waals surface area contributed by atoms with Crippen LogP contribution in [0.2, 0.25) is 0 Å². The van der Waals surface area contributed by atoms with Crippen LogP contribution in [-0.2, 0) is 0 Å². The zero-order valence-electron chi connectivity index (χ0n) is 10.7. The van der Waals surface area contributed by atoms with E-state index in [-0.39, 0.29) is 16.8 Å². The number of anilines is 1. The highest BCUT2D eigenvalue weighted by Gasteiger charge is 2.11. The Balaban J connectivity index is 2.26. The van der Waals surface area contributed by atoms with Crippen molar-refractivity contribution < 1.29 is 19.1 Å². The van der Waals surface area contributed by atoms with E-state index in [0.29, 0.717) is 0 Å². The van der Waals surface area contributed by atoms with Crippen LogP contribution in [0.15, 0.2) is 42.5 Å². The van der Waals surface area contributed by atoms with Gasteiger partial charge in [-0.3, -0.25) is 4.79 Å². The second-order valence-corrected chi connectivity index (χ2v) is 4.32. The van der Waals surface area contributed by atoms with E-state index in [1.54, 1.807) is 13.0 Å². The van der Waals surface area contributed by atoms with Crippen LogP contribution in [-0.4, -0.2) is 17.0 Å². The number of amides is 1. The van der Waals surface area contributed by atoms with Crippen molar-refractivity contribution in [3.63, 3.8) is 0 Å². The minimum atomic E-state index is -1.12. The van der Waals surface area contributed by atoms with E-state index in [1.807, 2.05) is 0 Å². The summed E-state index contributed by atoms with van der Waals surface area (Å²) in [6.45, 7) is 1.78. The van der Waals surface area contributed by atoms with Crippen LogP contribution in [0.25, 0.3) is 0 Å². The van der Waals surface area contributed by atoms with Gasteiger partial charge in [0, 0.05) is 5.56 Å². The van der Waals surface area contributed by atoms with E-state index in [4.69, 9.17) is 5.11 Å². The monoisotopic (exact) mass is 273 g/mol. The third-order valence-corrected chi connectivity index (χ3v) is 2.74. The molecule has 102 valence electrons. The zero-order valence-corrected chi connectivity index (χ0v) is 10.7. The largest absolute Gasteiger partial charge is 0.478 e. The predicted octanol–water partition coefficient (Wildman–Crippen LogP) is 3.08. The minimum absolute atomic E-state index is 0.00219. The van der Waals surface area contributed by atoms with Gasteiger partial charge in [0.15, 0.2) is 0 Å². The molecule has 4 nitrogen and oxygen atoms in total. The van der Waals surface area contributed by atoms with Gasteiger partial charge in [0.1, 0.15) is 5.82 Å². The quantitative estimate of drug-likeness (QED) is 0.903. The van der Waals surface area contributed by atoms with E-state index in [9.17, 15) is 14.0 Å². The highest BCUT2D eigenvalue weighted by atomic mass is 19.1. The number of aromatic carboxylic acids is 1. The topological polar surface area (TPSA) is 66.4 Å². The van der Waals surface area contributed by atoms with E-state index >= 15 is 0 Å². The molecule has 0 atom stereocenters. The van der Waals surface area contributed by atoms with Gasteiger partial charge in [-0.2, -0.15) is 0 Å². The van der Waals surface area contributed by atoms with Gasteiger partial charge >= 0.3 is 5.97 Å². The smallest absolute Gasteiger partial charge is 0.335 e. The summed E-state index contributed by atoms with van der Waals surface area (Å²) in [5, 5.41) is 11.3. The summed E-state index contributed by atoms with van der Waals surface area (Å²) in [4.78, 5) is 22.8. The van der Waals surface area contributed by atoms with Crippen LogP contribution < -0.4 is 5.32 Å². The molecule has 0 aliphatic carbocycles. The molecule has 0 radical (unpaired) electrons. The first-order valence-electron chi connectivity index (χ1n) is 5.88. The van der Waals surface area contributed by atoms with Crippen molar-refractivity contribution >= 4 is 17.6 Å². The third-order valence-electron chi connectivity index (χ3n) is 2.74. The van der Waals surface area contributed by atoms with E-state index in [0.717, 1.165) is 5.56 Å². The lowest BCUT2D eigenvalue weighted by molar-refractivity contribution is 0.0697. The van der Waals surface area contributed by atoms with Gasteiger partial charge in [-0.25, -0.2) is 9.18 Å². The molecular weight excluding hydrogens is 261 g/mol. The number of aryl methyl sites for hydroxylation is 1. The van der Waals surface area contributed by atoms with E-state index in [2.05, 4.69) is 5.32 Å². The second kappa shape index (κ2) is 5.52. The lowest BCUT2D eigenvalue weighted by atomic mass is 10.1. The van der Waals surface area contributed by atoms with Crippen LogP contribution in [0.4, 0.5) is 10.1 Å². The predicted molar refractivity (Wildman–Crippen MR) is 72.5 cm³/mol. The molecule has 0 aromatic heterocycles. The van der Waals surface area contributed by atoms with Crippen LogP contribution in [0.1, 0.15) is 26.3 Å². The number of carbonyl (C=O) groups excluding carboxylic acids is 1. The first-order valence-corrected chi connectivity index (χ1v) is 5.88. The van der Waals surface area contributed by atoms with Crippen molar-refractivity contribution in [2.24, 2.45) is 0 Å². The molecule has 0 aliphatic heterocycles. The standard InChI is InChI=1S/C15H12FNO3/c1-9-5-6-12(16)13(7-9)17-14(18)10-3-2-4-11(8-10)15(19)20/h2-8H,1H3,(H,17,18)(H,19,20). The number of hydrogen-bond donors (Lipinski definition) is 2. The van der Waals surface area contributed by atoms with Crippen LogP contribution >= 0.6 is 0 Å². The van der Waals surface area contributed by atoms with Crippen molar-refractivity contribution in [3.8, 4) is 0 Å². The van der Waals surface area contributed by atoms with Crippen LogP contribution in [0.3, 0.4) is 0 Å². The minimum Gasteiger partial charge on any atom is -0.478 e. The van der Waals surface area contributed by atoms with Gasteiger partial charge in [-0.15, -0.1) is 0 Å². The summed E-state index contributed by atoms with van der Waals surface area (Å²) < 4.78 is 13.5. The number of halogens is 1. The Hall–Kier alpha value is -2.69. The van der Waals surface area contributed by atoms with Crippen molar-refractivity contribution in [1.82, 2.24) is 0 Å². The fourth-order valence-electron chi connectivity index (χ4n) is 1.72. The summed E-state index contributed by atoms with van der Waals surface area (Å²) in [7, 11) is 0. The van der Waals surface area contributed by atoms with Crippen molar-refractivity contribution in [1.29, 1.82) is 0 Å². The first kappa shape index (κ1) is 13.7. The maximum absolute atomic E-state index is 13.5. The number of rotatable bonds is 3. The summed E-state index contributed by atoms with van der Waals surface area (Å²) in [6.07, 6.45) is 0. The van der Waals surface area contributed by atoms with Gasteiger partial charge < -0.3 is 10.4 Å². The average molecular weight is 273 g/mol. The number of benzene rings is 2. The van der Waals surface area contributed by atoms with E-state index in [1.165, 1.54) is 36.4 Å². The fourth-order valence-corrected chi connectivity index (χ4v) is 1.72. The molecule has 0 bridgehead atoms. The first-order chi connectivity index (χ1) is 9.47. The number of nitrogens with one attached hydrogen (secondary N) is 1. The summed E-state index contributed by atoms with van der Waals surface area (Å²) in [6, 6.07) is 9.92. The SMILES string of the molecule is Cc1ccc(F)c(NC(=O)c2cccc(C(=O)O)c2)c1. The Kier molecular flexibility index (Phi) is 3.79. The molecule has 0 saturated heterocycles. The van der Waals surface area contributed by atoms with Gasteiger partial charge in [-0.05, 0) is 42.8 Å². The molecule has 0 fully saturated rings. The normalized spacial score (nSPS) is 10.1.